The van der Waals surface area contributed by atoms with Gasteiger partial charge in [-0.05, 0) is 24.6 Å². The second kappa shape index (κ2) is 5.28. The van der Waals surface area contributed by atoms with E-state index in [-0.39, 0.29) is 35.4 Å². The van der Waals surface area contributed by atoms with Crippen LogP contribution in [0.4, 0.5) is 0 Å². The minimum atomic E-state index is -3.16. The summed E-state index contributed by atoms with van der Waals surface area (Å²) in [5.74, 6) is -2.43. The molecule has 1 N–H and O–H groups in total. The van der Waals surface area contributed by atoms with Crippen LogP contribution < -0.4 is 0 Å². The molecule has 1 aliphatic heterocycles. The predicted molar refractivity (Wildman–Crippen MR) is 73.1 cm³/mol. The van der Waals surface area contributed by atoms with Crippen molar-refractivity contribution in [2.75, 3.05) is 18.6 Å². The fourth-order valence-corrected chi connectivity index (χ4v) is 2.77. The highest BCUT2D eigenvalue weighted by Crippen LogP contribution is 2.24. The van der Waals surface area contributed by atoms with Crippen LogP contribution in [-0.2, 0) is 9.84 Å². The molecule has 0 spiro atoms. The summed E-state index contributed by atoms with van der Waals surface area (Å²) in [6.45, 7) is -0.0121. The molecule has 0 atom stereocenters. The summed E-state index contributed by atoms with van der Waals surface area (Å²) in [4.78, 5) is 36.0. The summed E-state index contributed by atoms with van der Waals surface area (Å²) in [5, 5.41) is 8.89. The third-order valence-corrected chi connectivity index (χ3v) is 4.14. The minimum absolute atomic E-state index is 0.0121. The lowest BCUT2D eigenvalue weighted by Gasteiger charge is -2.12. The van der Waals surface area contributed by atoms with E-state index in [1.807, 2.05) is 0 Å². The number of hydrogen-bond acceptors (Lipinski definition) is 5. The molecule has 0 saturated carbocycles. The van der Waals surface area contributed by atoms with Gasteiger partial charge in [0.2, 0.25) is 0 Å². The maximum absolute atomic E-state index is 12.1. The standard InChI is InChI=1S/C13H13NO6S/c1-21(19,20)6-2-5-14-11(15)9-4-3-8(13(17)18)7-10(9)12(14)16/h3-4,7H,2,5-6H2,1H3,(H,17,18). The predicted octanol–water partition coefficient (Wildman–Crippen LogP) is 0.416. The molecule has 1 aliphatic rings. The molecule has 0 saturated heterocycles. The number of sulfone groups is 1. The van der Waals surface area contributed by atoms with Gasteiger partial charge >= 0.3 is 5.97 Å². The molecule has 0 fully saturated rings. The second-order valence-electron chi connectivity index (χ2n) is 4.81. The SMILES string of the molecule is CS(=O)(=O)CCCN1C(=O)c2ccc(C(=O)O)cc2C1=O. The molecule has 0 radical (unpaired) electrons. The van der Waals surface area contributed by atoms with Crippen LogP contribution in [0.25, 0.3) is 0 Å². The highest BCUT2D eigenvalue weighted by atomic mass is 32.2. The Bertz CT molecular complexity index is 737. The fraction of sp³-hybridized carbons (Fsp3) is 0.308. The Hall–Kier alpha value is -2.22. The van der Waals surface area contributed by atoms with Gasteiger partial charge < -0.3 is 5.11 Å². The highest BCUT2D eigenvalue weighted by Gasteiger charge is 2.35. The summed E-state index contributed by atoms with van der Waals surface area (Å²) in [6.07, 6.45) is 1.23. The molecule has 7 nitrogen and oxygen atoms in total. The molecule has 1 aromatic rings. The van der Waals surface area contributed by atoms with Gasteiger partial charge in [0.05, 0.1) is 22.4 Å². The van der Waals surface area contributed by atoms with Crippen LogP contribution in [0.2, 0.25) is 0 Å². The van der Waals surface area contributed by atoms with Crippen molar-refractivity contribution in [3.8, 4) is 0 Å². The molecule has 21 heavy (non-hydrogen) atoms. The van der Waals surface area contributed by atoms with Crippen molar-refractivity contribution in [1.82, 2.24) is 4.90 Å². The number of rotatable bonds is 5. The van der Waals surface area contributed by atoms with Crippen LogP contribution in [-0.4, -0.2) is 54.8 Å². The van der Waals surface area contributed by atoms with Gasteiger partial charge in [0.25, 0.3) is 11.8 Å². The maximum Gasteiger partial charge on any atom is 0.335 e. The maximum atomic E-state index is 12.1. The first-order chi connectivity index (χ1) is 9.70. The minimum Gasteiger partial charge on any atom is -0.478 e. The van der Waals surface area contributed by atoms with E-state index in [9.17, 15) is 22.8 Å². The Kier molecular flexibility index (Phi) is 3.82. The van der Waals surface area contributed by atoms with Gasteiger partial charge in [-0.3, -0.25) is 14.5 Å². The lowest BCUT2D eigenvalue weighted by Crippen LogP contribution is -2.31. The number of carbonyl (C=O) groups excluding carboxylic acids is 2. The van der Waals surface area contributed by atoms with Crippen LogP contribution in [0.3, 0.4) is 0 Å². The summed E-state index contributed by atoms with van der Waals surface area (Å²) < 4.78 is 22.1. The van der Waals surface area contributed by atoms with E-state index in [1.165, 1.54) is 12.1 Å². The Morgan fingerprint density at radius 3 is 2.38 bits per heavy atom. The molecule has 0 bridgehead atoms. The fourth-order valence-electron chi connectivity index (χ4n) is 2.11. The zero-order valence-electron chi connectivity index (χ0n) is 11.2. The largest absolute Gasteiger partial charge is 0.478 e. The molecule has 1 heterocycles. The normalized spacial score (nSPS) is 14.4. The molecule has 0 unspecified atom stereocenters. The van der Waals surface area contributed by atoms with Gasteiger partial charge in [-0.25, -0.2) is 13.2 Å². The Morgan fingerprint density at radius 1 is 1.19 bits per heavy atom. The van der Waals surface area contributed by atoms with E-state index in [4.69, 9.17) is 5.11 Å². The monoisotopic (exact) mass is 311 g/mol. The molecule has 1 aromatic carbocycles. The first-order valence-corrected chi connectivity index (χ1v) is 8.18. The molecular formula is C13H13NO6S. The lowest BCUT2D eigenvalue weighted by atomic mass is 10.1. The number of carboxylic acid groups (broad SMARTS) is 1. The third kappa shape index (κ3) is 3.10. The van der Waals surface area contributed by atoms with Crippen LogP contribution in [0.5, 0.6) is 0 Å². The van der Waals surface area contributed by atoms with Crippen molar-refractivity contribution < 1.29 is 27.9 Å². The van der Waals surface area contributed by atoms with E-state index in [2.05, 4.69) is 0 Å². The number of fused-ring (bicyclic) bond motifs is 1. The topological polar surface area (TPSA) is 109 Å². The zero-order valence-corrected chi connectivity index (χ0v) is 12.0. The van der Waals surface area contributed by atoms with Crippen molar-refractivity contribution in [2.24, 2.45) is 0 Å². The Balaban J connectivity index is 2.20. The van der Waals surface area contributed by atoms with Gasteiger partial charge in [-0.1, -0.05) is 0 Å². The van der Waals surface area contributed by atoms with Gasteiger partial charge in [0.1, 0.15) is 9.84 Å². The van der Waals surface area contributed by atoms with Crippen LogP contribution >= 0.6 is 0 Å². The van der Waals surface area contributed by atoms with Crippen molar-refractivity contribution in [3.05, 3.63) is 34.9 Å². The summed E-state index contributed by atoms with van der Waals surface area (Å²) >= 11 is 0. The molecule has 0 aromatic heterocycles. The molecule has 112 valence electrons. The van der Waals surface area contributed by atoms with Crippen LogP contribution in [0, 0.1) is 0 Å². The first kappa shape index (κ1) is 15.2. The van der Waals surface area contributed by atoms with Crippen LogP contribution in [0.15, 0.2) is 18.2 Å². The summed E-state index contributed by atoms with van der Waals surface area (Å²) in [5.41, 5.74) is 0.108. The van der Waals surface area contributed by atoms with Crippen molar-refractivity contribution in [3.63, 3.8) is 0 Å². The first-order valence-electron chi connectivity index (χ1n) is 6.12. The number of carbonyl (C=O) groups is 3. The molecular weight excluding hydrogens is 298 g/mol. The van der Waals surface area contributed by atoms with Gasteiger partial charge in [0.15, 0.2) is 0 Å². The second-order valence-corrected chi connectivity index (χ2v) is 7.07. The van der Waals surface area contributed by atoms with E-state index < -0.39 is 27.6 Å². The smallest absolute Gasteiger partial charge is 0.335 e. The zero-order chi connectivity index (χ0) is 15.8. The number of aromatic carboxylic acids is 1. The summed E-state index contributed by atoms with van der Waals surface area (Å²) in [6, 6.07) is 3.72. The average molecular weight is 311 g/mol. The van der Waals surface area contributed by atoms with Crippen molar-refractivity contribution in [2.45, 2.75) is 6.42 Å². The van der Waals surface area contributed by atoms with E-state index in [0.29, 0.717) is 0 Å². The van der Waals surface area contributed by atoms with Gasteiger partial charge in [-0.15, -0.1) is 0 Å². The number of amides is 2. The highest BCUT2D eigenvalue weighted by molar-refractivity contribution is 7.90. The number of nitrogens with zero attached hydrogens (tertiary/aromatic N) is 1. The van der Waals surface area contributed by atoms with E-state index >= 15 is 0 Å². The molecule has 2 amide bonds. The molecule has 0 aliphatic carbocycles. The quantitative estimate of drug-likeness (QED) is 0.789. The Morgan fingerprint density at radius 2 is 1.81 bits per heavy atom. The Labute approximate surface area is 121 Å². The average Bonchev–Trinajstić information content (AvgIpc) is 2.62. The lowest BCUT2D eigenvalue weighted by molar-refractivity contribution is 0.0652. The number of imide groups is 1. The van der Waals surface area contributed by atoms with Crippen molar-refractivity contribution in [1.29, 1.82) is 0 Å². The van der Waals surface area contributed by atoms with Crippen molar-refractivity contribution >= 4 is 27.6 Å². The van der Waals surface area contributed by atoms with E-state index in [0.717, 1.165) is 17.2 Å². The number of carboxylic acids is 1. The van der Waals surface area contributed by atoms with E-state index in [1.54, 1.807) is 0 Å². The third-order valence-electron chi connectivity index (χ3n) is 3.11. The number of benzene rings is 1. The molecule has 8 heteroatoms. The van der Waals surface area contributed by atoms with Gasteiger partial charge in [0, 0.05) is 12.8 Å². The van der Waals surface area contributed by atoms with Crippen LogP contribution in [0.1, 0.15) is 37.5 Å². The molecule has 2 rings (SSSR count). The number of hydrogen-bond donors (Lipinski definition) is 1. The summed E-state index contributed by atoms with van der Waals surface area (Å²) in [7, 11) is -3.16. The van der Waals surface area contributed by atoms with Gasteiger partial charge in [-0.2, -0.15) is 0 Å².